The Morgan fingerprint density at radius 3 is 2.37 bits per heavy atom. The molecule has 9 heteroatoms. The number of carbonyl (C=O) groups excluding carboxylic acids is 2. The van der Waals surface area contributed by atoms with Crippen LogP contribution in [-0.2, 0) is 9.53 Å². The minimum atomic E-state index is -0.172. The van der Waals surface area contributed by atoms with E-state index in [2.05, 4.69) is 4.90 Å². The van der Waals surface area contributed by atoms with Gasteiger partial charge in [-0.2, -0.15) is 0 Å². The highest BCUT2D eigenvalue weighted by molar-refractivity contribution is 6.33. The highest BCUT2D eigenvalue weighted by Crippen LogP contribution is 2.30. The molecule has 0 aromatic heterocycles. The van der Waals surface area contributed by atoms with E-state index < -0.39 is 0 Å². The lowest BCUT2D eigenvalue weighted by Gasteiger charge is -2.36. The van der Waals surface area contributed by atoms with Gasteiger partial charge in [0.15, 0.2) is 0 Å². The van der Waals surface area contributed by atoms with Crippen molar-refractivity contribution in [2.75, 3.05) is 71.9 Å². The van der Waals surface area contributed by atoms with Crippen LogP contribution in [0.15, 0.2) is 12.1 Å². The number of piperazine rings is 1. The van der Waals surface area contributed by atoms with E-state index in [9.17, 15) is 9.59 Å². The van der Waals surface area contributed by atoms with E-state index in [1.54, 1.807) is 11.0 Å². The van der Waals surface area contributed by atoms with Crippen molar-refractivity contribution in [1.82, 2.24) is 14.7 Å². The molecule has 3 rings (SSSR count). The predicted molar refractivity (Wildman–Crippen MR) is 102 cm³/mol. The van der Waals surface area contributed by atoms with Crippen LogP contribution in [0.3, 0.4) is 0 Å². The first-order chi connectivity index (χ1) is 13.0. The maximum atomic E-state index is 12.9. The van der Waals surface area contributed by atoms with Gasteiger partial charge in [-0.3, -0.25) is 14.5 Å². The van der Waals surface area contributed by atoms with Gasteiger partial charge in [0.25, 0.3) is 5.91 Å². The number of hydrogen-bond donors (Lipinski definition) is 1. The highest BCUT2D eigenvalue weighted by Gasteiger charge is 2.28. The summed E-state index contributed by atoms with van der Waals surface area (Å²) in [6.07, 6.45) is 0. The van der Waals surface area contributed by atoms with Gasteiger partial charge in [-0.1, -0.05) is 11.6 Å². The SMILES string of the molecule is COc1cc(N)c(Cl)cc1C(=O)N1CCN(C(=O)CN2CCOCC2)CC1. The van der Waals surface area contributed by atoms with Gasteiger partial charge >= 0.3 is 0 Å². The molecule has 2 fully saturated rings. The monoisotopic (exact) mass is 396 g/mol. The summed E-state index contributed by atoms with van der Waals surface area (Å²) in [5.74, 6) is 0.318. The summed E-state index contributed by atoms with van der Waals surface area (Å²) in [6.45, 7) is 5.27. The Morgan fingerprint density at radius 1 is 1.11 bits per heavy atom. The number of morpholine rings is 1. The Balaban J connectivity index is 1.58. The first kappa shape index (κ1) is 19.7. The molecule has 2 aliphatic heterocycles. The smallest absolute Gasteiger partial charge is 0.257 e. The summed E-state index contributed by atoms with van der Waals surface area (Å²) >= 11 is 6.07. The van der Waals surface area contributed by atoms with E-state index in [0.717, 1.165) is 13.1 Å². The van der Waals surface area contributed by atoms with E-state index in [-0.39, 0.29) is 11.8 Å². The normalized spacial score (nSPS) is 18.4. The molecule has 0 bridgehead atoms. The molecule has 2 saturated heterocycles. The van der Waals surface area contributed by atoms with Crippen molar-refractivity contribution in [1.29, 1.82) is 0 Å². The Morgan fingerprint density at radius 2 is 1.74 bits per heavy atom. The highest BCUT2D eigenvalue weighted by atomic mass is 35.5. The summed E-state index contributed by atoms with van der Waals surface area (Å²) in [6, 6.07) is 3.09. The standard InChI is InChI=1S/C18H25ClN4O4/c1-26-16-11-15(20)14(19)10-13(16)18(25)23-4-2-22(3-5-23)17(24)12-21-6-8-27-9-7-21/h10-11H,2-9,12,20H2,1H3. The molecule has 1 aromatic rings. The molecule has 0 radical (unpaired) electrons. The quantitative estimate of drug-likeness (QED) is 0.748. The fourth-order valence-electron chi connectivity index (χ4n) is 3.28. The van der Waals surface area contributed by atoms with Gasteiger partial charge in [0.1, 0.15) is 5.75 Å². The summed E-state index contributed by atoms with van der Waals surface area (Å²) in [5.41, 5.74) is 6.52. The van der Waals surface area contributed by atoms with Crippen LogP contribution in [0.5, 0.6) is 5.75 Å². The third kappa shape index (κ3) is 4.63. The van der Waals surface area contributed by atoms with Crippen molar-refractivity contribution >= 4 is 29.1 Å². The first-order valence-electron chi connectivity index (χ1n) is 8.99. The Labute approximate surface area is 163 Å². The predicted octanol–water partition coefficient (Wildman–Crippen LogP) is 0.547. The van der Waals surface area contributed by atoms with Crippen molar-refractivity contribution in [3.63, 3.8) is 0 Å². The molecular formula is C18H25ClN4O4. The fourth-order valence-corrected chi connectivity index (χ4v) is 3.45. The molecule has 2 amide bonds. The summed E-state index contributed by atoms with van der Waals surface area (Å²) in [7, 11) is 1.49. The fraction of sp³-hybridized carbons (Fsp3) is 0.556. The molecule has 2 heterocycles. The zero-order valence-corrected chi connectivity index (χ0v) is 16.2. The van der Waals surface area contributed by atoms with Crippen LogP contribution in [0, 0.1) is 0 Å². The summed E-state index contributed by atoms with van der Waals surface area (Å²) < 4.78 is 10.6. The maximum Gasteiger partial charge on any atom is 0.257 e. The number of halogens is 1. The molecule has 8 nitrogen and oxygen atoms in total. The number of methoxy groups -OCH3 is 1. The molecule has 27 heavy (non-hydrogen) atoms. The van der Waals surface area contributed by atoms with Crippen molar-refractivity contribution in [3.05, 3.63) is 22.7 Å². The summed E-state index contributed by atoms with van der Waals surface area (Å²) in [4.78, 5) is 31.0. The van der Waals surface area contributed by atoms with Crippen LogP contribution < -0.4 is 10.5 Å². The molecule has 0 spiro atoms. The van der Waals surface area contributed by atoms with E-state index in [4.69, 9.17) is 26.8 Å². The van der Waals surface area contributed by atoms with Crippen LogP contribution in [-0.4, -0.2) is 92.7 Å². The topological polar surface area (TPSA) is 88.3 Å². The molecule has 0 aliphatic carbocycles. The molecule has 148 valence electrons. The molecule has 0 atom stereocenters. The second-order valence-corrected chi connectivity index (χ2v) is 7.04. The maximum absolute atomic E-state index is 12.9. The number of rotatable bonds is 4. The molecule has 2 N–H and O–H groups in total. The second kappa shape index (κ2) is 8.77. The Kier molecular flexibility index (Phi) is 6.41. The van der Waals surface area contributed by atoms with E-state index in [1.807, 2.05) is 4.90 Å². The van der Waals surface area contributed by atoms with Crippen molar-refractivity contribution < 1.29 is 19.1 Å². The van der Waals surface area contributed by atoms with Crippen molar-refractivity contribution in [3.8, 4) is 5.75 Å². The van der Waals surface area contributed by atoms with Gasteiger partial charge in [-0.05, 0) is 6.07 Å². The molecular weight excluding hydrogens is 372 g/mol. The van der Waals surface area contributed by atoms with Crippen LogP contribution >= 0.6 is 11.6 Å². The molecule has 2 aliphatic rings. The lowest BCUT2D eigenvalue weighted by Crippen LogP contribution is -2.53. The number of amides is 2. The number of anilines is 1. The Bertz CT molecular complexity index is 701. The number of nitrogens with zero attached hydrogens (tertiary/aromatic N) is 3. The zero-order chi connectivity index (χ0) is 19.4. The lowest BCUT2D eigenvalue weighted by molar-refractivity contribution is -0.134. The van der Waals surface area contributed by atoms with Crippen LogP contribution in [0.2, 0.25) is 5.02 Å². The molecule has 0 unspecified atom stereocenters. The van der Waals surface area contributed by atoms with Gasteiger partial charge in [0, 0.05) is 45.3 Å². The number of nitrogens with two attached hydrogens (primary N) is 1. The van der Waals surface area contributed by atoms with E-state index in [1.165, 1.54) is 13.2 Å². The number of benzene rings is 1. The van der Waals surface area contributed by atoms with Gasteiger partial charge < -0.3 is 25.0 Å². The van der Waals surface area contributed by atoms with Gasteiger partial charge in [0.05, 0.1) is 43.1 Å². The van der Waals surface area contributed by atoms with Crippen LogP contribution in [0.25, 0.3) is 0 Å². The third-order valence-corrected chi connectivity index (χ3v) is 5.26. The third-order valence-electron chi connectivity index (χ3n) is 4.93. The zero-order valence-electron chi connectivity index (χ0n) is 15.4. The van der Waals surface area contributed by atoms with Crippen LogP contribution in [0.1, 0.15) is 10.4 Å². The number of nitrogen functional groups attached to an aromatic ring is 1. The lowest BCUT2D eigenvalue weighted by atomic mass is 10.1. The minimum absolute atomic E-state index is 0.0945. The molecule has 1 aromatic carbocycles. The molecule has 0 saturated carbocycles. The average molecular weight is 397 g/mol. The van der Waals surface area contributed by atoms with Gasteiger partial charge in [0.2, 0.25) is 5.91 Å². The van der Waals surface area contributed by atoms with E-state index >= 15 is 0 Å². The largest absolute Gasteiger partial charge is 0.496 e. The number of carbonyl (C=O) groups is 2. The Hall–Kier alpha value is -2.03. The van der Waals surface area contributed by atoms with Crippen molar-refractivity contribution in [2.24, 2.45) is 0 Å². The van der Waals surface area contributed by atoms with Gasteiger partial charge in [-0.25, -0.2) is 0 Å². The summed E-state index contributed by atoms with van der Waals surface area (Å²) in [5, 5.41) is 0.318. The average Bonchev–Trinajstić information content (AvgIpc) is 2.70. The minimum Gasteiger partial charge on any atom is -0.496 e. The number of hydrogen-bond acceptors (Lipinski definition) is 6. The number of ether oxygens (including phenoxy) is 2. The van der Waals surface area contributed by atoms with E-state index in [0.29, 0.717) is 68.0 Å². The second-order valence-electron chi connectivity index (χ2n) is 6.64. The van der Waals surface area contributed by atoms with Crippen LogP contribution in [0.4, 0.5) is 5.69 Å². The van der Waals surface area contributed by atoms with Crippen molar-refractivity contribution in [2.45, 2.75) is 0 Å². The first-order valence-corrected chi connectivity index (χ1v) is 9.37. The van der Waals surface area contributed by atoms with Gasteiger partial charge in [-0.15, -0.1) is 0 Å².